The van der Waals surface area contributed by atoms with Crippen molar-refractivity contribution >= 4 is 11.6 Å². The van der Waals surface area contributed by atoms with Gasteiger partial charge in [0.2, 0.25) is 0 Å². The zero-order valence-electron chi connectivity index (χ0n) is 13.3. The monoisotopic (exact) mass is 317 g/mol. The number of aromatic hydroxyl groups is 1. The van der Waals surface area contributed by atoms with Gasteiger partial charge in [-0.15, -0.1) is 0 Å². The van der Waals surface area contributed by atoms with E-state index in [1.54, 1.807) is 12.1 Å². The molecule has 0 bridgehead atoms. The molecule has 1 amide bonds. The second-order valence-corrected chi connectivity index (χ2v) is 4.95. The van der Waals surface area contributed by atoms with Crippen molar-refractivity contribution in [3.8, 4) is 11.8 Å². The molecule has 0 unspecified atom stereocenters. The van der Waals surface area contributed by atoms with Gasteiger partial charge in [-0.3, -0.25) is 4.79 Å². The maximum Gasteiger partial charge on any atom is 0.267 e. The summed E-state index contributed by atoms with van der Waals surface area (Å²) in [5.74, 6) is -0.476. The summed E-state index contributed by atoms with van der Waals surface area (Å²) in [6.45, 7) is 4.15. The number of nitrogens with zero attached hydrogens (tertiary/aromatic N) is 1. The first-order valence-electron chi connectivity index (χ1n) is 7.69. The fourth-order valence-electron chi connectivity index (χ4n) is 1.73. The maximum atomic E-state index is 11.9. The van der Waals surface area contributed by atoms with Gasteiger partial charge in [0.15, 0.2) is 0 Å². The predicted octanol–water partition coefficient (Wildman–Crippen LogP) is 2.53. The molecule has 0 saturated carbocycles. The Morgan fingerprint density at radius 2 is 2.17 bits per heavy atom. The first-order chi connectivity index (χ1) is 11.2. The Balaban J connectivity index is 2.34. The van der Waals surface area contributed by atoms with E-state index in [4.69, 9.17) is 10.00 Å². The third kappa shape index (κ3) is 7.88. The van der Waals surface area contributed by atoms with Gasteiger partial charge in [0, 0.05) is 37.7 Å². The van der Waals surface area contributed by atoms with Crippen LogP contribution in [0.25, 0.3) is 0 Å². The van der Waals surface area contributed by atoms with Gasteiger partial charge in [0.1, 0.15) is 17.4 Å². The number of nitriles is 1. The standard InChI is InChI=1S/C17H23N3O3/c1-2-3-9-23-10-5-8-19-13-14(12-18)17(22)20-15-6-4-7-16(21)11-15/h4,6-7,11,13,19,21H,2-3,5,8-10H2,1H3,(H,20,22)/b14-13-. The van der Waals surface area contributed by atoms with Gasteiger partial charge < -0.3 is 20.5 Å². The summed E-state index contributed by atoms with van der Waals surface area (Å²) in [6, 6.07) is 8.00. The number of benzene rings is 1. The van der Waals surface area contributed by atoms with Gasteiger partial charge in [-0.2, -0.15) is 5.26 Å². The van der Waals surface area contributed by atoms with Gasteiger partial charge in [-0.05, 0) is 25.0 Å². The van der Waals surface area contributed by atoms with Crippen LogP contribution in [-0.4, -0.2) is 30.8 Å². The molecule has 0 saturated heterocycles. The molecule has 0 spiro atoms. The molecule has 0 aromatic heterocycles. The second kappa shape index (κ2) is 11.1. The number of nitrogens with one attached hydrogen (secondary N) is 2. The lowest BCUT2D eigenvalue weighted by Crippen LogP contribution is -2.17. The number of amides is 1. The number of carbonyl (C=O) groups is 1. The van der Waals surface area contributed by atoms with E-state index < -0.39 is 5.91 Å². The van der Waals surface area contributed by atoms with E-state index in [9.17, 15) is 9.90 Å². The number of unbranched alkanes of at least 4 members (excludes halogenated alkanes) is 1. The Bertz CT molecular complexity index is 564. The predicted molar refractivity (Wildman–Crippen MR) is 88.8 cm³/mol. The van der Waals surface area contributed by atoms with Gasteiger partial charge in [-0.1, -0.05) is 19.4 Å². The molecule has 0 aliphatic carbocycles. The van der Waals surface area contributed by atoms with E-state index >= 15 is 0 Å². The van der Waals surface area contributed by atoms with Gasteiger partial charge in [-0.25, -0.2) is 0 Å². The summed E-state index contributed by atoms with van der Waals surface area (Å²) < 4.78 is 5.42. The quantitative estimate of drug-likeness (QED) is 0.350. The first-order valence-corrected chi connectivity index (χ1v) is 7.69. The van der Waals surface area contributed by atoms with Gasteiger partial charge >= 0.3 is 0 Å². The molecule has 6 heteroatoms. The number of carbonyl (C=O) groups excluding carboxylic acids is 1. The van der Waals surface area contributed by atoms with Crippen LogP contribution in [-0.2, 0) is 9.53 Å². The smallest absolute Gasteiger partial charge is 0.267 e. The van der Waals surface area contributed by atoms with Crippen LogP contribution in [0.3, 0.4) is 0 Å². The molecule has 0 aliphatic rings. The molecule has 0 fully saturated rings. The van der Waals surface area contributed by atoms with E-state index in [1.165, 1.54) is 18.3 Å². The van der Waals surface area contributed by atoms with Crippen molar-refractivity contribution < 1.29 is 14.6 Å². The summed E-state index contributed by atoms with van der Waals surface area (Å²) in [5.41, 5.74) is 0.403. The number of hydrogen-bond acceptors (Lipinski definition) is 5. The van der Waals surface area contributed by atoms with Crippen molar-refractivity contribution in [2.45, 2.75) is 26.2 Å². The number of phenolic OH excluding ortho intramolecular Hbond substituents is 1. The Kier molecular flexibility index (Phi) is 8.94. The van der Waals surface area contributed by atoms with E-state index in [-0.39, 0.29) is 11.3 Å². The highest BCUT2D eigenvalue weighted by Gasteiger charge is 2.09. The molecule has 0 aliphatic heterocycles. The number of anilines is 1. The van der Waals surface area contributed by atoms with Crippen LogP contribution >= 0.6 is 0 Å². The molecular weight excluding hydrogens is 294 g/mol. The van der Waals surface area contributed by atoms with Crippen LogP contribution in [0.5, 0.6) is 5.75 Å². The average molecular weight is 317 g/mol. The normalized spacial score (nSPS) is 10.9. The zero-order valence-corrected chi connectivity index (χ0v) is 13.3. The largest absolute Gasteiger partial charge is 0.508 e. The Labute approximate surface area is 136 Å². The lowest BCUT2D eigenvalue weighted by Gasteiger charge is -2.06. The second-order valence-electron chi connectivity index (χ2n) is 4.95. The molecule has 1 rings (SSSR count). The highest BCUT2D eigenvalue weighted by molar-refractivity contribution is 6.06. The third-order valence-electron chi connectivity index (χ3n) is 2.97. The number of rotatable bonds is 10. The van der Waals surface area contributed by atoms with Crippen molar-refractivity contribution in [2.75, 3.05) is 25.1 Å². The first kappa shape index (κ1) is 18.5. The Morgan fingerprint density at radius 3 is 2.87 bits per heavy atom. The minimum atomic E-state index is -0.523. The number of phenols is 1. The van der Waals surface area contributed by atoms with Crippen LogP contribution in [0.2, 0.25) is 0 Å². The molecule has 3 N–H and O–H groups in total. The average Bonchev–Trinajstić information content (AvgIpc) is 2.53. The minimum Gasteiger partial charge on any atom is -0.508 e. The van der Waals surface area contributed by atoms with Crippen molar-refractivity contribution in [3.63, 3.8) is 0 Å². The van der Waals surface area contributed by atoms with Crippen molar-refractivity contribution in [1.82, 2.24) is 5.32 Å². The van der Waals surface area contributed by atoms with E-state index in [1.807, 2.05) is 6.07 Å². The number of hydrogen-bond donors (Lipinski definition) is 3. The van der Waals surface area contributed by atoms with Crippen LogP contribution in [0.4, 0.5) is 5.69 Å². The molecular formula is C17H23N3O3. The Hall–Kier alpha value is -2.52. The lowest BCUT2D eigenvalue weighted by atomic mass is 10.2. The molecule has 0 atom stereocenters. The topological polar surface area (TPSA) is 94.4 Å². The summed E-state index contributed by atoms with van der Waals surface area (Å²) in [6.07, 6.45) is 4.36. The van der Waals surface area contributed by atoms with Gasteiger partial charge in [0.05, 0.1) is 0 Å². The summed E-state index contributed by atoms with van der Waals surface area (Å²) in [7, 11) is 0. The molecule has 1 aromatic rings. The van der Waals surface area contributed by atoms with Crippen molar-refractivity contribution in [3.05, 3.63) is 36.0 Å². The van der Waals surface area contributed by atoms with E-state index in [0.29, 0.717) is 18.8 Å². The summed E-state index contributed by atoms with van der Waals surface area (Å²) in [5, 5.41) is 23.9. The molecule has 1 aromatic carbocycles. The lowest BCUT2D eigenvalue weighted by molar-refractivity contribution is -0.112. The maximum absolute atomic E-state index is 11.9. The van der Waals surface area contributed by atoms with Crippen LogP contribution in [0.1, 0.15) is 26.2 Å². The highest BCUT2D eigenvalue weighted by Crippen LogP contribution is 2.15. The number of ether oxygens (including phenoxy) is 1. The van der Waals surface area contributed by atoms with Crippen LogP contribution in [0, 0.1) is 11.3 Å². The van der Waals surface area contributed by atoms with E-state index in [2.05, 4.69) is 17.6 Å². The van der Waals surface area contributed by atoms with Crippen molar-refractivity contribution in [1.29, 1.82) is 5.26 Å². The van der Waals surface area contributed by atoms with Crippen LogP contribution in [0.15, 0.2) is 36.0 Å². The Morgan fingerprint density at radius 1 is 1.39 bits per heavy atom. The van der Waals surface area contributed by atoms with Crippen molar-refractivity contribution in [2.24, 2.45) is 0 Å². The van der Waals surface area contributed by atoms with Gasteiger partial charge in [0.25, 0.3) is 5.91 Å². The molecule has 124 valence electrons. The molecule has 23 heavy (non-hydrogen) atoms. The zero-order chi connectivity index (χ0) is 16.9. The SMILES string of the molecule is CCCCOCCCN/C=C(/C#N)C(=O)Nc1cccc(O)c1. The fourth-order valence-corrected chi connectivity index (χ4v) is 1.73. The summed E-state index contributed by atoms with van der Waals surface area (Å²) >= 11 is 0. The van der Waals surface area contributed by atoms with Crippen LogP contribution < -0.4 is 10.6 Å². The highest BCUT2D eigenvalue weighted by atomic mass is 16.5. The molecule has 6 nitrogen and oxygen atoms in total. The summed E-state index contributed by atoms with van der Waals surface area (Å²) in [4.78, 5) is 11.9. The minimum absolute atomic E-state index is 0.0276. The molecule has 0 radical (unpaired) electrons. The third-order valence-corrected chi connectivity index (χ3v) is 2.97. The van der Waals surface area contributed by atoms with E-state index in [0.717, 1.165) is 25.9 Å². The fraction of sp³-hybridized carbons (Fsp3) is 0.412. The molecule has 0 heterocycles.